The lowest BCUT2D eigenvalue weighted by Crippen LogP contribution is -2.15. The van der Waals surface area contributed by atoms with Crippen LogP contribution >= 0.6 is 0 Å². The molecule has 0 amide bonds. The van der Waals surface area contributed by atoms with E-state index >= 15 is 0 Å². The zero-order chi connectivity index (χ0) is 11.5. The number of unbranched alkanes of at least 4 members (excludes halogenated alkanes) is 1. The number of benzene rings is 1. The molecule has 0 aliphatic carbocycles. The molecule has 0 saturated heterocycles. The van der Waals surface area contributed by atoms with Crippen LogP contribution in [0.1, 0.15) is 25.3 Å². The lowest BCUT2D eigenvalue weighted by molar-refractivity contribution is 0.578. The minimum Gasteiger partial charge on any atom is -0.225 e. The first kappa shape index (κ1) is 12.1. The van der Waals surface area contributed by atoms with E-state index in [1.54, 1.807) is 0 Å². The minimum atomic E-state index is -3.83. The first-order chi connectivity index (χ1) is 6.96. The Hall–Kier alpha value is -0.940. The Balaban J connectivity index is 3.21. The van der Waals surface area contributed by atoms with E-state index in [1.165, 1.54) is 18.2 Å². The van der Waals surface area contributed by atoms with Crippen molar-refractivity contribution in [1.82, 2.24) is 0 Å². The third kappa shape index (κ3) is 3.00. The number of halogens is 1. The van der Waals surface area contributed by atoms with E-state index in [1.807, 2.05) is 6.92 Å². The average Bonchev–Trinajstić information content (AvgIpc) is 2.14. The molecule has 84 valence electrons. The van der Waals surface area contributed by atoms with Gasteiger partial charge in [0.25, 0.3) is 0 Å². The molecule has 15 heavy (non-hydrogen) atoms. The number of primary sulfonamides is 1. The molecule has 0 fully saturated rings. The second-order valence-corrected chi connectivity index (χ2v) is 4.89. The predicted octanol–water partition coefficient (Wildman–Crippen LogP) is 1.82. The Bertz CT molecular complexity index is 443. The van der Waals surface area contributed by atoms with Crippen LogP contribution in [0.3, 0.4) is 0 Å². The van der Waals surface area contributed by atoms with Crippen LogP contribution in [0.5, 0.6) is 0 Å². The quantitative estimate of drug-likeness (QED) is 0.859. The maximum absolute atomic E-state index is 13.4. The van der Waals surface area contributed by atoms with Crippen molar-refractivity contribution >= 4 is 10.0 Å². The van der Waals surface area contributed by atoms with Gasteiger partial charge in [0, 0.05) is 5.56 Å². The van der Waals surface area contributed by atoms with Crippen molar-refractivity contribution < 1.29 is 12.8 Å². The van der Waals surface area contributed by atoms with Crippen molar-refractivity contribution in [2.45, 2.75) is 31.1 Å². The lowest BCUT2D eigenvalue weighted by Gasteiger charge is -2.07. The Kier molecular flexibility index (Phi) is 3.82. The van der Waals surface area contributed by atoms with Crippen molar-refractivity contribution in [2.24, 2.45) is 5.14 Å². The molecule has 0 aliphatic heterocycles. The van der Waals surface area contributed by atoms with Gasteiger partial charge >= 0.3 is 0 Å². The van der Waals surface area contributed by atoms with Crippen molar-refractivity contribution in [2.75, 3.05) is 0 Å². The van der Waals surface area contributed by atoms with Gasteiger partial charge in [0.05, 0.1) is 4.90 Å². The Labute approximate surface area is 89.2 Å². The summed E-state index contributed by atoms with van der Waals surface area (Å²) in [6.07, 6.45) is 2.01. The summed E-state index contributed by atoms with van der Waals surface area (Å²) >= 11 is 0. The molecule has 2 N–H and O–H groups in total. The summed E-state index contributed by atoms with van der Waals surface area (Å²) < 4.78 is 35.7. The predicted molar refractivity (Wildman–Crippen MR) is 56.4 cm³/mol. The van der Waals surface area contributed by atoms with Crippen LogP contribution < -0.4 is 5.14 Å². The van der Waals surface area contributed by atoms with Crippen LogP contribution in [0.15, 0.2) is 23.1 Å². The summed E-state index contributed by atoms with van der Waals surface area (Å²) in [4.78, 5) is -0.101. The molecule has 1 aromatic rings. The number of nitrogens with two attached hydrogens (primary N) is 1. The highest BCUT2D eigenvalue weighted by molar-refractivity contribution is 7.89. The molecule has 0 atom stereocenters. The summed E-state index contributed by atoms with van der Waals surface area (Å²) in [5.41, 5.74) is 0.196. The normalized spacial score (nSPS) is 11.7. The molecular formula is C10H14FNO2S. The molecule has 1 aromatic carbocycles. The van der Waals surface area contributed by atoms with Crippen molar-refractivity contribution in [3.05, 3.63) is 29.6 Å². The van der Waals surface area contributed by atoms with E-state index in [2.05, 4.69) is 0 Å². The van der Waals surface area contributed by atoms with Crippen LogP contribution in [-0.4, -0.2) is 8.42 Å². The van der Waals surface area contributed by atoms with Crippen LogP contribution in [0, 0.1) is 5.82 Å². The smallest absolute Gasteiger partial charge is 0.225 e. The average molecular weight is 231 g/mol. The van der Waals surface area contributed by atoms with E-state index in [0.29, 0.717) is 6.42 Å². The zero-order valence-corrected chi connectivity index (χ0v) is 9.35. The monoisotopic (exact) mass is 231 g/mol. The SMILES string of the molecule is CCCCc1c(F)cccc1S(N)(=O)=O. The van der Waals surface area contributed by atoms with Crippen molar-refractivity contribution in [1.29, 1.82) is 0 Å². The topological polar surface area (TPSA) is 60.2 Å². The van der Waals surface area contributed by atoms with Crippen molar-refractivity contribution in [3.63, 3.8) is 0 Å². The van der Waals surface area contributed by atoms with Gasteiger partial charge < -0.3 is 0 Å². The maximum Gasteiger partial charge on any atom is 0.238 e. The Morgan fingerprint density at radius 2 is 2.07 bits per heavy atom. The van der Waals surface area contributed by atoms with Gasteiger partial charge in [-0.25, -0.2) is 17.9 Å². The minimum absolute atomic E-state index is 0.101. The number of hydrogen-bond donors (Lipinski definition) is 1. The molecule has 3 nitrogen and oxygen atoms in total. The van der Waals surface area contributed by atoms with Gasteiger partial charge in [-0.05, 0) is 25.0 Å². The largest absolute Gasteiger partial charge is 0.238 e. The second kappa shape index (κ2) is 4.72. The number of sulfonamides is 1. The first-order valence-electron chi connectivity index (χ1n) is 4.77. The lowest BCUT2D eigenvalue weighted by atomic mass is 10.1. The maximum atomic E-state index is 13.4. The molecule has 0 bridgehead atoms. The van der Waals surface area contributed by atoms with E-state index in [9.17, 15) is 12.8 Å². The van der Waals surface area contributed by atoms with Crippen LogP contribution in [0.25, 0.3) is 0 Å². The van der Waals surface area contributed by atoms with E-state index in [0.717, 1.165) is 12.8 Å². The third-order valence-electron chi connectivity index (χ3n) is 2.16. The Morgan fingerprint density at radius 3 is 2.60 bits per heavy atom. The molecule has 0 aliphatic rings. The second-order valence-electron chi connectivity index (χ2n) is 3.37. The zero-order valence-electron chi connectivity index (χ0n) is 8.53. The highest BCUT2D eigenvalue weighted by Crippen LogP contribution is 2.19. The molecule has 0 radical (unpaired) electrons. The molecular weight excluding hydrogens is 217 g/mol. The van der Waals surface area contributed by atoms with Gasteiger partial charge in [0.1, 0.15) is 5.82 Å². The van der Waals surface area contributed by atoms with Crippen LogP contribution in [-0.2, 0) is 16.4 Å². The van der Waals surface area contributed by atoms with Gasteiger partial charge in [-0.2, -0.15) is 0 Å². The standard InChI is InChI=1S/C10H14FNO2S/c1-2-3-5-8-9(11)6-4-7-10(8)15(12,13)14/h4,6-7H,2-3,5H2,1H3,(H2,12,13,14). The third-order valence-corrected chi connectivity index (χ3v) is 3.16. The molecule has 0 saturated carbocycles. The van der Waals surface area contributed by atoms with Gasteiger partial charge in [-0.3, -0.25) is 0 Å². The number of hydrogen-bond acceptors (Lipinski definition) is 2. The summed E-state index contributed by atoms with van der Waals surface area (Å²) in [6.45, 7) is 1.96. The molecule has 0 aromatic heterocycles. The summed E-state index contributed by atoms with van der Waals surface area (Å²) in [5.74, 6) is -0.505. The van der Waals surface area contributed by atoms with E-state index in [-0.39, 0.29) is 10.5 Å². The van der Waals surface area contributed by atoms with E-state index in [4.69, 9.17) is 5.14 Å². The van der Waals surface area contributed by atoms with E-state index < -0.39 is 15.8 Å². The van der Waals surface area contributed by atoms with Gasteiger partial charge in [-0.15, -0.1) is 0 Å². The van der Waals surface area contributed by atoms with Crippen LogP contribution in [0.2, 0.25) is 0 Å². The summed E-state index contributed by atoms with van der Waals surface area (Å²) in [5, 5.41) is 5.00. The summed E-state index contributed by atoms with van der Waals surface area (Å²) in [6, 6.07) is 3.94. The Morgan fingerprint density at radius 1 is 1.40 bits per heavy atom. The fourth-order valence-corrected chi connectivity index (χ4v) is 2.21. The van der Waals surface area contributed by atoms with Gasteiger partial charge in [0.15, 0.2) is 0 Å². The number of rotatable bonds is 4. The fraction of sp³-hybridized carbons (Fsp3) is 0.400. The highest BCUT2D eigenvalue weighted by atomic mass is 32.2. The fourth-order valence-electron chi connectivity index (χ4n) is 1.40. The van der Waals surface area contributed by atoms with Crippen molar-refractivity contribution in [3.8, 4) is 0 Å². The van der Waals surface area contributed by atoms with Gasteiger partial charge in [-0.1, -0.05) is 19.4 Å². The summed E-state index contributed by atoms with van der Waals surface area (Å²) in [7, 11) is -3.83. The van der Waals surface area contributed by atoms with Gasteiger partial charge in [0.2, 0.25) is 10.0 Å². The molecule has 1 rings (SSSR count). The molecule has 0 heterocycles. The molecule has 0 unspecified atom stereocenters. The first-order valence-corrected chi connectivity index (χ1v) is 6.31. The van der Waals surface area contributed by atoms with Crippen LogP contribution in [0.4, 0.5) is 4.39 Å². The molecule has 5 heteroatoms. The highest BCUT2D eigenvalue weighted by Gasteiger charge is 2.16. The molecule has 0 spiro atoms.